The van der Waals surface area contributed by atoms with Gasteiger partial charge in [0.25, 0.3) is 5.91 Å². The summed E-state index contributed by atoms with van der Waals surface area (Å²) in [5.41, 5.74) is 2.20. The molecule has 3 N–H and O–H groups in total. The lowest BCUT2D eigenvalue weighted by molar-refractivity contribution is -0.125. The number of aromatic hydroxyl groups is 1. The Balaban J connectivity index is 0.726. The Kier molecular flexibility index (Phi) is 13.2. The number of pyridine rings is 1. The molecule has 11 rings (SSSR count). The van der Waals surface area contributed by atoms with E-state index in [2.05, 4.69) is 36.2 Å². The number of amides is 2. The molecule has 17 heteroatoms. The highest BCUT2D eigenvalue weighted by Gasteiger charge is 2.46. The number of nitrogens with one attached hydrogen (secondary N) is 2. The minimum absolute atomic E-state index is 0.0391. The highest BCUT2D eigenvalue weighted by molar-refractivity contribution is 6.35. The molecular formula is C55H60ClF2N9O5. The largest absolute Gasteiger partial charge is 0.508 e. The molecule has 3 unspecified atom stereocenters. The van der Waals surface area contributed by atoms with Gasteiger partial charge in [-0.2, -0.15) is 9.97 Å². The molecule has 1 saturated carbocycles. The van der Waals surface area contributed by atoms with Gasteiger partial charge in [-0.15, -0.1) is 6.42 Å². The van der Waals surface area contributed by atoms with Gasteiger partial charge in [0.15, 0.2) is 5.82 Å². The summed E-state index contributed by atoms with van der Waals surface area (Å²) in [5, 5.41) is 18.8. The second-order valence-corrected chi connectivity index (χ2v) is 21.5. The van der Waals surface area contributed by atoms with Crippen LogP contribution in [0.3, 0.4) is 0 Å². The molecule has 2 bridgehead atoms. The molecule has 1 aliphatic carbocycles. The van der Waals surface area contributed by atoms with E-state index in [9.17, 15) is 19.5 Å². The lowest BCUT2D eigenvalue weighted by atomic mass is 9.82. The molecule has 2 aromatic heterocycles. The number of phenolic OH excluding ortho intramolecular Hbond substituents is 1. The van der Waals surface area contributed by atoms with Crippen molar-refractivity contribution in [2.75, 3.05) is 69.3 Å². The lowest BCUT2D eigenvalue weighted by Crippen LogP contribution is -2.51. The van der Waals surface area contributed by atoms with Crippen molar-refractivity contribution in [3.63, 3.8) is 0 Å². The van der Waals surface area contributed by atoms with Crippen LogP contribution in [0.25, 0.3) is 32.9 Å². The Morgan fingerprint density at radius 3 is 2.44 bits per heavy atom. The van der Waals surface area contributed by atoms with Crippen molar-refractivity contribution in [1.82, 2.24) is 35.4 Å². The van der Waals surface area contributed by atoms with Gasteiger partial charge in [0.2, 0.25) is 5.91 Å². The molecule has 5 fully saturated rings. The minimum Gasteiger partial charge on any atom is -0.508 e. The third-order valence-electron chi connectivity index (χ3n) is 16.5. The summed E-state index contributed by atoms with van der Waals surface area (Å²) in [7, 11) is 1.53. The molecule has 0 radical (unpaired) electrons. The van der Waals surface area contributed by atoms with Crippen LogP contribution in [-0.2, 0) is 16.1 Å². The van der Waals surface area contributed by atoms with Crippen LogP contribution in [0.15, 0.2) is 42.6 Å². The number of likely N-dealkylation sites (tertiary alicyclic amines) is 1. The predicted molar refractivity (Wildman–Crippen MR) is 272 cm³/mol. The number of aldehydes is 1. The van der Waals surface area contributed by atoms with Gasteiger partial charge in [0.1, 0.15) is 40.9 Å². The number of piperidine rings is 2. The van der Waals surface area contributed by atoms with Crippen molar-refractivity contribution >= 4 is 62.9 Å². The standard InChI is InChI=1S/C55H60ClF2N9O5/c1-3-38-43(57)10-6-34-24-37(69)25-40(46(34)38)49-48(58)50-41(26-60-49)51(66-27-35-7-8-36(28-66)61-35)63-54(62-50)72-31-55(16-17-55)30-64-18-12-32(13-19-64)23-33-14-20-65(21-15-33)44-11-9-39-42(47(44)56)29-67(53(39)71)45(5-4-22-68)52(70)59-2/h1,6,9-11,22,24-26,32-33,35-36,45,61,69H,4-5,7-8,12-21,23,27-31H2,2H3,(H,59,70). The van der Waals surface area contributed by atoms with Crippen molar-refractivity contribution in [3.05, 3.63) is 75.9 Å². The number of terminal acetylenes is 1. The molecule has 5 aromatic rings. The third kappa shape index (κ3) is 9.17. The zero-order valence-electron chi connectivity index (χ0n) is 40.6. The van der Waals surface area contributed by atoms with E-state index in [0.29, 0.717) is 70.8 Å². The summed E-state index contributed by atoms with van der Waals surface area (Å²) in [5.74, 6) is 2.24. The van der Waals surface area contributed by atoms with Gasteiger partial charge in [-0.1, -0.05) is 23.6 Å². The maximum Gasteiger partial charge on any atom is 0.319 e. The van der Waals surface area contributed by atoms with Gasteiger partial charge < -0.3 is 44.9 Å². The monoisotopic (exact) mass is 999 g/mol. The zero-order chi connectivity index (χ0) is 49.8. The third-order valence-corrected chi connectivity index (χ3v) is 16.9. The van der Waals surface area contributed by atoms with Crippen LogP contribution in [0, 0.1) is 41.2 Å². The Morgan fingerprint density at radius 1 is 1.01 bits per heavy atom. The summed E-state index contributed by atoms with van der Waals surface area (Å²) in [6.07, 6.45) is 18.3. The molecule has 6 aliphatic rings. The van der Waals surface area contributed by atoms with Gasteiger partial charge in [0.05, 0.1) is 28.3 Å². The van der Waals surface area contributed by atoms with Crippen LogP contribution >= 0.6 is 11.6 Å². The van der Waals surface area contributed by atoms with E-state index in [4.69, 9.17) is 32.7 Å². The first-order valence-corrected chi connectivity index (χ1v) is 26.0. The van der Waals surface area contributed by atoms with Crippen LogP contribution in [0.5, 0.6) is 11.8 Å². The minimum atomic E-state index is -0.737. The van der Waals surface area contributed by atoms with Gasteiger partial charge in [-0.25, -0.2) is 8.78 Å². The number of hydrogen-bond donors (Lipinski definition) is 3. The molecule has 3 aromatic carbocycles. The van der Waals surface area contributed by atoms with Gasteiger partial charge in [0, 0.05) is 98.5 Å². The van der Waals surface area contributed by atoms with Crippen LogP contribution in [0.2, 0.25) is 5.02 Å². The summed E-state index contributed by atoms with van der Waals surface area (Å²) in [4.78, 5) is 60.1. The first-order valence-electron chi connectivity index (χ1n) is 25.6. The topological polar surface area (TPSA) is 156 Å². The van der Waals surface area contributed by atoms with Crippen LogP contribution < -0.4 is 25.2 Å². The fourth-order valence-electron chi connectivity index (χ4n) is 12.4. The van der Waals surface area contributed by atoms with E-state index >= 15 is 8.78 Å². The molecule has 2 amide bonds. The zero-order valence-corrected chi connectivity index (χ0v) is 41.3. The second kappa shape index (κ2) is 19.7. The lowest BCUT2D eigenvalue weighted by Gasteiger charge is -2.38. The molecule has 14 nitrogen and oxygen atoms in total. The smallest absolute Gasteiger partial charge is 0.319 e. The molecule has 7 heterocycles. The number of halogens is 3. The number of likely N-dealkylation sites (N-methyl/N-ethyl adjacent to an activating group) is 1. The van der Waals surface area contributed by atoms with Crippen molar-refractivity contribution < 1.29 is 33.0 Å². The summed E-state index contributed by atoms with van der Waals surface area (Å²) in [6.45, 7) is 6.79. The van der Waals surface area contributed by atoms with E-state index in [1.807, 2.05) is 12.1 Å². The van der Waals surface area contributed by atoms with Gasteiger partial charge in [-0.05, 0) is 125 Å². The summed E-state index contributed by atoms with van der Waals surface area (Å²) in [6, 6.07) is 9.29. The van der Waals surface area contributed by atoms with Crippen molar-refractivity contribution in [3.8, 4) is 35.4 Å². The molecule has 5 aliphatic heterocycles. The number of hydrogen-bond acceptors (Lipinski definition) is 12. The number of nitrogens with zero attached hydrogens (tertiary/aromatic N) is 7. The number of piperazine rings is 1. The Bertz CT molecular complexity index is 2990. The Labute approximate surface area is 422 Å². The van der Waals surface area contributed by atoms with E-state index in [0.717, 1.165) is 102 Å². The number of benzene rings is 3. The first kappa shape index (κ1) is 48.1. The highest BCUT2D eigenvalue weighted by Crippen LogP contribution is 2.48. The van der Waals surface area contributed by atoms with Gasteiger partial charge >= 0.3 is 6.01 Å². The molecule has 0 spiro atoms. The van der Waals surface area contributed by atoms with E-state index in [-0.39, 0.29) is 76.1 Å². The van der Waals surface area contributed by atoms with Crippen LogP contribution in [0.1, 0.15) is 92.1 Å². The number of carbonyl (C=O) groups excluding carboxylic acids is 3. The molecule has 72 heavy (non-hydrogen) atoms. The second-order valence-electron chi connectivity index (χ2n) is 21.1. The SMILES string of the molecule is C#Cc1c(F)ccc2cc(O)cc(-c3ncc4c(N5CC6CCC(C5)N6)nc(OCC5(CN6CCC(CC7CCN(c8ccc9c(c8Cl)CN(C(CCC=O)C(=O)NC)C9=O)CC7)CC6)CC5)nc4c3F)c12. The Hall–Kier alpha value is -6.15. The fourth-order valence-corrected chi connectivity index (χ4v) is 12.7. The molecule has 4 saturated heterocycles. The number of ether oxygens (including phenoxy) is 1. The highest BCUT2D eigenvalue weighted by atomic mass is 35.5. The number of fused-ring (bicyclic) bond motifs is 5. The molecule has 3 atom stereocenters. The normalized spacial score (nSPS) is 21.5. The van der Waals surface area contributed by atoms with Crippen molar-refractivity contribution in [1.29, 1.82) is 0 Å². The fraction of sp³-hybridized carbons (Fsp3) is 0.491. The van der Waals surface area contributed by atoms with E-state index in [1.165, 1.54) is 42.6 Å². The summed E-state index contributed by atoms with van der Waals surface area (Å²) < 4.78 is 38.7. The average Bonchev–Trinajstić information content (AvgIpc) is 3.96. The Morgan fingerprint density at radius 2 is 1.75 bits per heavy atom. The summed E-state index contributed by atoms with van der Waals surface area (Å²) >= 11 is 7.04. The van der Waals surface area contributed by atoms with E-state index < -0.39 is 17.7 Å². The van der Waals surface area contributed by atoms with Crippen LogP contribution in [0.4, 0.5) is 20.3 Å². The number of phenols is 1. The van der Waals surface area contributed by atoms with Crippen LogP contribution in [-0.4, -0.2) is 126 Å². The molecule has 376 valence electrons. The first-order chi connectivity index (χ1) is 34.9. The van der Waals surface area contributed by atoms with E-state index in [1.54, 1.807) is 6.20 Å². The van der Waals surface area contributed by atoms with Gasteiger partial charge in [-0.3, -0.25) is 14.6 Å². The maximum atomic E-state index is 17.2. The molecular weight excluding hydrogens is 940 g/mol. The average molecular weight is 1000 g/mol. The predicted octanol–water partition coefficient (Wildman–Crippen LogP) is 7.63. The number of carbonyl (C=O) groups is 3. The number of aromatic nitrogens is 3. The van der Waals surface area contributed by atoms with Crippen molar-refractivity contribution in [2.24, 2.45) is 17.3 Å². The maximum absolute atomic E-state index is 17.2. The van der Waals surface area contributed by atoms with Crippen molar-refractivity contribution in [2.45, 2.75) is 95.3 Å². The number of rotatable bonds is 15. The number of anilines is 2. The quantitative estimate of drug-likeness (QED) is 0.0698.